The summed E-state index contributed by atoms with van der Waals surface area (Å²) in [6.07, 6.45) is 0. The molecule has 4 heteroatoms. The van der Waals surface area contributed by atoms with E-state index >= 15 is 0 Å². The summed E-state index contributed by atoms with van der Waals surface area (Å²) in [6.45, 7) is 12.0. The van der Waals surface area contributed by atoms with Crippen LogP contribution in [0.4, 0.5) is 0 Å². The third-order valence-electron chi connectivity index (χ3n) is 1.83. The van der Waals surface area contributed by atoms with Gasteiger partial charge in [0.2, 0.25) is 0 Å². The van der Waals surface area contributed by atoms with Gasteiger partial charge in [-0.3, -0.25) is 0 Å². The first-order valence-corrected chi connectivity index (χ1v) is 9.86. The van der Waals surface area contributed by atoms with Crippen LogP contribution in [0.25, 0.3) is 0 Å². The van der Waals surface area contributed by atoms with E-state index < -0.39 is 17.2 Å². The molecule has 0 aliphatic carbocycles. The summed E-state index contributed by atoms with van der Waals surface area (Å²) < 4.78 is 2.63. The van der Waals surface area contributed by atoms with Gasteiger partial charge < -0.3 is 4.23 Å². The van der Waals surface area contributed by atoms with E-state index in [1.807, 2.05) is 0 Å². The molecule has 0 spiro atoms. The zero-order chi connectivity index (χ0) is 7.65. The Bertz CT molecular complexity index is 90.2. The normalized spacial score (nSPS) is 12.0. The molecule has 0 amide bonds. The van der Waals surface area contributed by atoms with E-state index in [2.05, 4.69) is 44.0 Å². The minimum atomic E-state index is -0.929. The van der Waals surface area contributed by atoms with Gasteiger partial charge in [0.1, 0.15) is 8.24 Å². The summed E-state index contributed by atoms with van der Waals surface area (Å²) in [5.41, 5.74) is 0. The van der Waals surface area contributed by atoms with Crippen molar-refractivity contribution < 1.29 is 0 Å². The molecule has 58 valence electrons. The van der Waals surface area contributed by atoms with E-state index in [0.29, 0.717) is 0 Å². The summed E-state index contributed by atoms with van der Waals surface area (Å²) in [5, 5.41) is 0. The predicted molar refractivity (Wildman–Crippen MR) is 57.1 cm³/mol. The van der Waals surface area contributed by atoms with Crippen LogP contribution in [-0.4, -0.2) is 58.0 Å². The Labute approximate surface area is 90.3 Å². The van der Waals surface area contributed by atoms with E-state index in [1.165, 1.54) is 0 Å². The standard InChI is InChI=1S/C6H19NSi2.Na.H/c1-7(8(2)3)9(4,5)6;;/h8H,1-6H3;;. The average molecular weight is 185 g/mol. The van der Waals surface area contributed by atoms with Gasteiger partial charge in [-0.15, -0.1) is 0 Å². The zero-order valence-electron chi connectivity index (χ0n) is 7.52. The van der Waals surface area contributed by atoms with Crippen LogP contribution >= 0.6 is 0 Å². The minimum absolute atomic E-state index is 0. The number of nitrogens with zero attached hydrogens (tertiary/aromatic N) is 1. The third-order valence-corrected chi connectivity index (χ3v) is 9.37. The van der Waals surface area contributed by atoms with Crippen LogP contribution in [0.2, 0.25) is 32.7 Å². The monoisotopic (exact) mass is 185 g/mol. The summed E-state index contributed by atoms with van der Waals surface area (Å²) in [5.74, 6) is 0. The van der Waals surface area contributed by atoms with Crippen LogP contribution < -0.4 is 0 Å². The fraction of sp³-hybridized carbons (Fsp3) is 1.00. The number of hydrogen-bond acceptors (Lipinski definition) is 1. The second-order valence-electron chi connectivity index (χ2n) is 3.88. The van der Waals surface area contributed by atoms with Crippen LogP contribution in [0.1, 0.15) is 0 Å². The fourth-order valence-electron chi connectivity index (χ4n) is 0.775. The van der Waals surface area contributed by atoms with E-state index in [9.17, 15) is 0 Å². The van der Waals surface area contributed by atoms with E-state index in [0.717, 1.165) is 0 Å². The molecule has 0 bridgehead atoms. The molecular weight excluding hydrogens is 165 g/mol. The number of hydrogen-bond donors (Lipinski definition) is 0. The van der Waals surface area contributed by atoms with Gasteiger partial charge in [0.25, 0.3) is 0 Å². The van der Waals surface area contributed by atoms with Gasteiger partial charge in [0, 0.05) is 0 Å². The Kier molecular flexibility index (Phi) is 7.13. The summed E-state index contributed by atoms with van der Waals surface area (Å²) in [4.78, 5) is 0. The van der Waals surface area contributed by atoms with Crippen molar-refractivity contribution in [3.05, 3.63) is 0 Å². The van der Waals surface area contributed by atoms with Gasteiger partial charge in [-0.25, -0.2) is 0 Å². The maximum atomic E-state index is 2.63. The Morgan fingerprint density at radius 1 is 1.10 bits per heavy atom. The molecule has 0 unspecified atom stereocenters. The summed E-state index contributed by atoms with van der Waals surface area (Å²) >= 11 is 0. The first-order valence-electron chi connectivity index (χ1n) is 3.58. The van der Waals surface area contributed by atoms with Crippen molar-refractivity contribution in [2.45, 2.75) is 32.7 Å². The van der Waals surface area contributed by atoms with Crippen LogP contribution in [0.15, 0.2) is 0 Å². The van der Waals surface area contributed by atoms with Crippen molar-refractivity contribution in [1.29, 1.82) is 0 Å². The van der Waals surface area contributed by atoms with Crippen LogP contribution in [0.5, 0.6) is 0 Å². The van der Waals surface area contributed by atoms with Gasteiger partial charge in [-0.05, 0) is 7.05 Å². The molecule has 0 saturated carbocycles. The quantitative estimate of drug-likeness (QED) is 0.582. The molecule has 0 atom stereocenters. The van der Waals surface area contributed by atoms with Gasteiger partial charge in [-0.1, -0.05) is 32.7 Å². The molecule has 0 aliphatic heterocycles. The Morgan fingerprint density at radius 3 is 1.40 bits per heavy atom. The van der Waals surface area contributed by atoms with Crippen molar-refractivity contribution in [3.63, 3.8) is 0 Å². The van der Waals surface area contributed by atoms with Crippen molar-refractivity contribution in [2.75, 3.05) is 7.05 Å². The fourth-order valence-corrected chi connectivity index (χ4v) is 6.97. The molecule has 0 aromatic rings. The van der Waals surface area contributed by atoms with Gasteiger partial charge in [-0.2, -0.15) is 0 Å². The van der Waals surface area contributed by atoms with Gasteiger partial charge >= 0.3 is 29.6 Å². The van der Waals surface area contributed by atoms with Crippen LogP contribution in [-0.2, 0) is 0 Å². The molecule has 0 heterocycles. The van der Waals surface area contributed by atoms with Crippen LogP contribution in [0.3, 0.4) is 0 Å². The van der Waals surface area contributed by atoms with Crippen molar-refractivity contribution in [3.8, 4) is 0 Å². The molecule has 0 aliphatic rings. The zero-order valence-corrected chi connectivity index (χ0v) is 9.68. The van der Waals surface area contributed by atoms with Crippen molar-refractivity contribution >= 4 is 46.8 Å². The van der Waals surface area contributed by atoms with E-state index in [-0.39, 0.29) is 29.6 Å². The predicted octanol–water partition coefficient (Wildman–Crippen LogP) is 1.09. The molecule has 0 aromatic carbocycles. The second-order valence-corrected chi connectivity index (χ2v) is 12.4. The molecule has 0 saturated heterocycles. The van der Waals surface area contributed by atoms with E-state index in [1.54, 1.807) is 0 Å². The Balaban J connectivity index is 0. The van der Waals surface area contributed by atoms with Crippen LogP contribution in [0, 0.1) is 0 Å². The molecule has 0 N–H and O–H groups in total. The summed E-state index contributed by atoms with van der Waals surface area (Å²) in [6, 6.07) is 0. The van der Waals surface area contributed by atoms with Gasteiger partial charge in [0.15, 0.2) is 0 Å². The molecular formula is C6H20NNaSi2. The Hall–Kier alpha value is 1.39. The van der Waals surface area contributed by atoms with Crippen molar-refractivity contribution in [2.24, 2.45) is 0 Å². The average Bonchev–Trinajstić information content (AvgIpc) is 1.62. The number of rotatable bonds is 2. The summed E-state index contributed by atoms with van der Waals surface area (Å²) in [7, 11) is 0.858. The first kappa shape index (κ1) is 13.9. The molecule has 0 radical (unpaired) electrons. The molecule has 0 aromatic heterocycles. The SMILES string of the molecule is CN([SiH](C)C)[Si](C)(C)C.[NaH]. The van der Waals surface area contributed by atoms with E-state index in [4.69, 9.17) is 0 Å². The maximum absolute atomic E-state index is 2.63. The molecule has 10 heavy (non-hydrogen) atoms. The first-order chi connectivity index (χ1) is 3.85. The molecule has 0 rings (SSSR count). The molecule has 0 fully saturated rings. The Morgan fingerprint density at radius 2 is 1.40 bits per heavy atom. The third kappa shape index (κ3) is 5.10. The van der Waals surface area contributed by atoms with Gasteiger partial charge in [0.05, 0.1) is 8.96 Å². The molecule has 1 nitrogen and oxygen atoms in total. The topological polar surface area (TPSA) is 3.24 Å². The van der Waals surface area contributed by atoms with Crippen molar-refractivity contribution in [1.82, 2.24) is 4.23 Å². The second kappa shape index (κ2) is 5.11.